The quantitative estimate of drug-likeness (QED) is 0.749. The van der Waals surface area contributed by atoms with Gasteiger partial charge in [0.15, 0.2) is 17.6 Å². The van der Waals surface area contributed by atoms with Gasteiger partial charge >= 0.3 is 0 Å². The lowest BCUT2D eigenvalue weighted by atomic mass is 9.99. The van der Waals surface area contributed by atoms with Crippen molar-refractivity contribution in [2.45, 2.75) is 39.2 Å². The molecule has 2 aromatic rings. The fraction of sp³-hybridized carbons (Fsp3) is 0.381. The van der Waals surface area contributed by atoms with E-state index in [-0.39, 0.29) is 5.91 Å². The molecule has 0 saturated heterocycles. The predicted octanol–water partition coefficient (Wildman–Crippen LogP) is 4.62. The number of anilines is 1. The van der Waals surface area contributed by atoms with Crippen LogP contribution in [0.2, 0.25) is 0 Å². The summed E-state index contributed by atoms with van der Waals surface area (Å²) in [6, 6.07) is 13.1. The molecule has 0 saturated carbocycles. The second kappa shape index (κ2) is 9.13. The van der Waals surface area contributed by atoms with E-state index in [0.717, 1.165) is 6.42 Å². The molecule has 0 aromatic heterocycles. The fourth-order valence-electron chi connectivity index (χ4n) is 2.53. The molecule has 0 aliphatic heterocycles. The van der Waals surface area contributed by atoms with Crippen LogP contribution in [0.4, 0.5) is 5.69 Å². The minimum atomic E-state index is -0.627. The van der Waals surface area contributed by atoms with E-state index in [0.29, 0.717) is 28.9 Å². The maximum absolute atomic E-state index is 12.4. The smallest absolute Gasteiger partial charge is 0.265 e. The third-order valence-electron chi connectivity index (χ3n) is 4.39. The molecule has 0 aliphatic carbocycles. The Balaban J connectivity index is 1.99. The van der Waals surface area contributed by atoms with Crippen LogP contribution in [0.3, 0.4) is 0 Å². The van der Waals surface area contributed by atoms with Gasteiger partial charge < -0.3 is 19.5 Å². The molecule has 0 radical (unpaired) electrons. The second-order valence-electron chi connectivity index (χ2n) is 6.20. The Hall–Kier alpha value is -2.69. The molecule has 0 aliphatic rings. The number of rotatable bonds is 8. The van der Waals surface area contributed by atoms with E-state index in [1.54, 1.807) is 39.3 Å². The van der Waals surface area contributed by atoms with Gasteiger partial charge in [-0.15, -0.1) is 0 Å². The molecule has 1 N–H and O–H groups in total. The summed E-state index contributed by atoms with van der Waals surface area (Å²) in [7, 11) is 3.12. The molecule has 1 amide bonds. The van der Waals surface area contributed by atoms with Crippen LogP contribution in [0.1, 0.15) is 38.7 Å². The van der Waals surface area contributed by atoms with Crippen molar-refractivity contribution >= 4 is 11.6 Å². The molecule has 2 atom stereocenters. The third kappa shape index (κ3) is 4.91. The number of nitrogens with one attached hydrogen (secondary N) is 1. The first-order valence-corrected chi connectivity index (χ1v) is 8.78. The van der Waals surface area contributed by atoms with Crippen molar-refractivity contribution in [3.8, 4) is 17.2 Å². The van der Waals surface area contributed by atoms with Crippen LogP contribution in [-0.4, -0.2) is 26.2 Å². The van der Waals surface area contributed by atoms with Gasteiger partial charge in [-0.1, -0.05) is 26.0 Å². The van der Waals surface area contributed by atoms with Crippen molar-refractivity contribution in [1.29, 1.82) is 0 Å². The SMILES string of the molecule is CC[C@@H](C)c1ccc(O[C@@H](C)C(=O)Nc2ccc(OC)c(OC)c2)cc1. The number of ether oxygens (including phenoxy) is 3. The molecule has 0 fully saturated rings. The summed E-state index contributed by atoms with van der Waals surface area (Å²) in [5, 5.41) is 2.83. The second-order valence-corrected chi connectivity index (χ2v) is 6.20. The van der Waals surface area contributed by atoms with Crippen molar-refractivity contribution in [2.75, 3.05) is 19.5 Å². The molecule has 5 nitrogen and oxygen atoms in total. The average Bonchev–Trinajstić information content (AvgIpc) is 2.67. The zero-order valence-corrected chi connectivity index (χ0v) is 16.0. The Morgan fingerprint density at radius 2 is 1.65 bits per heavy atom. The van der Waals surface area contributed by atoms with Crippen LogP contribution in [0, 0.1) is 0 Å². The lowest BCUT2D eigenvalue weighted by Crippen LogP contribution is -2.30. The Bertz CT molecular complexity index is 727. The zero-order chi connectivity index (χ0) is 19.1. The van der Waals surface area contributed by atoms with Crippen LogP contribution < -0.4 is 19.5 Å². The largest absolute Gasteiger partial charge is 0.493 e. The minimum absolute atomic E-state index is 0.233. The first-order valence-electron chi connectivity index (χ1n) is 8.78. The summed E-state index contributed by atoms with van der Waals surface area (Å²) in [5.74, 6) is 2.11. The minimum Gasteiger partial charge on any atom is -0.493 e. The Morgan fingerprint density at radius 1 is 1.00 bits per heavy atom. The summed E-state index contributed by atoms with van der Waals surface area (Å²) in [4.78, 5) is 12.4. The Labute approximate surface area is 155 Å². The topological polar surface area (TPSA) is 56.8 Å². The maximum atomic E-state index is 12.4. The molecule has 0 spiro atoms. The molecular weight excluding hydrogens is 330 g/mol. The molecule has 140 valence electrons. The summed E-state index contributed by atoms with van der Waals surface area (Å²) in [6.45, 7) is 6.07. The summed E-state index contributed by atoms with van der Waals surface area (Å²) >= 11 is 0. The van der Waals surface area contributed by atoms with Gasteiger partial charge in [-0.2, -0.15) is 0 Å². The highest BCUT2D eigenvalue weighted by atomic mass is 16.5. The van der Waals surface area contributed by atoms with Crippen molar-refractivity contribution in [3.05, 3.63) is 48.0 Å². The molecule has 2 rings (SSSR count). The number of hydrogen-bond donors (Lipinski definition) is 1. The zero-order valence-electron chi connectivity index (χ0n) is 16.0. The van der Waals surface area contributed by atoms with E-state index < -0.39 is 6.10 Å². The summed E-state index contributed by atoms with van der Waals surface area (Å²) in [6.07, 6.45) is 0.460. The van der Waals surface area contributed by atoms with Crippen molar-refractivity contribution in [2.24, 2.45) is 0 Å². The number of benzene rings is 2. The lowest BCUT2D eigenvalue weighted by molar-refractivity contribution is -0.122. The van der Waals surface area contributed by atoms with Gasteiger partial charge in [0.05, 0.1) is 14.2 Å². The van der Waals surface area contributed by atoms with E-state index in [1.165, 1.54) is 5.56 Å². The Morgan fingerprint density at radius 3 is 2.23 bits per heavy atom. The van der Waals surface area contributed by atoms with Gasteiger partial charge in [-0.05, 0) is 49.1 Å². The van der Waals surface area contributed by atoms with Crippen molar-refractivity contribution in [3.63, 3.8) is 0 Å². The number of hydrogen-bond acceptors (Lipinski definition) is 4. The highest BCUT2D eigenvalue weighted by Crippen LogP contribution is 2.30. The van der Waals surface area contributed by atoms with Crippen LogP contribution in [0.25, 0.3) is 0 Å². The van der Waals surface area contributed by atoms with Crippen LogP contribution in [0.5, 0.6) is 17.2 Å². The van der Waals surface area contributed by atoms with Gasteiger partial charge in [-0.3, -0.25) is 4.79 Å². The molecule has 26 heavy (non-hydrogen) atoms. The van der Waals surface area contributed by atoms with Gasteiger partial charge in [0, 0.05) is 11.8 Å². The number of methoxy groups -OCH3 is 2. The fourth-order valence-corrected chi connectivity index (χ4v) is 2.53. The first kappa shape index (κ1) is 19.6. The van der Waals surface area contributed by atoms with Crippen molar-refractivity contribution < 1.29 is 19.0 Å². The standard InChI is InChI=1S/C21H27NO4/c1-6-14(2)16-7-10-18(11-8-16)26-15(3)21(23)22-17-9-12-19(24-4)20(13-17)25-5/h7-15H,6H2,1-5H3,(H,22,23)/t14-,15+/m1/s1. The van der Waals surface area contributed by atoms with Gasteiger partial charge in [0.25, 0.3) is 5.91 Å². The molecule has 2 aromatic carbocycles. The number of amides is 1. The predicted molar refractivity (Wildman–Crippen MR) is 103 cm³/mol. The number of carbonyl (C=O) groups excluding carboxylic acids is 1. The van der Waals surface area contributed by atoms with Crippen LogP contribution in [0.15, 0.2) is 42.5 Å². The highest BCUT2D eigenvalue weighted by molar-refractivity contribution is 5.94. The number of carbonyl (C=O) groups is 1. The molecular formula is C21H27NO4. The Kier molecular flexibility index (Phi) is 6.89. The molecule has 5 heteroatoms. The molecule has 0 heterocycles. The highest BCUT2D eigenvalue weighted by Gasteiger charge is 2.16. The maximum Gasteiger partial charge on any atom is 0.265 e. The monoisotopic (exact) mass is 357 g/mol. The van der Waals surface area contributed by atoms with Gasteiger partial charge in [0.2, 0.25) is 0 Å². The molecule has 0 bridgehead atoms. The molecule has 0 unspecified atom stereocenters. The first-order chi connectivity index (χ1) is 12.5. The van der Waals surface area contributed by atoms with Crippen LogP contribution >= 0.6 is 0 Å². The van der Waals surface area contributed by atoms with E-state index in [4.69, 9.17) is 14.2 Å². The van der Waals surface area contributed by atoms with Gasteiger partial charge in [0.1, 0.15) is 5.75 Å². The van der Waals surface area contributed by atoms with E-state index in [9.17, 15) is 4.79 Å². The van der Waals surface area contributed by atoms with E-state index >= 15 is 0 Å². The lowest BCUT2D eigenvalue weighted by Gasteiger charge is -2.16. The van der Waals surface area contributed by atoms with E-state index in [1.807, 2.05) is 24.3 Å². The third-order valence-corrected chi connectivity index (χ3v) is 4.39. The average molecular weight is 357 g/mol. The summed E-state index contributed by atoms with van der Waals surface area (Å²) < 4.78 is 16.2. The summed E-state index contributed by atoms with van der Waals surface area (Å²) in [5.41, 5.74) is 1.89. The van der Waals surface area contributed by atoms with Crippen LogP contribution in [-0.2, 0) is 4.79 Å². The normalized spacial score (nSPS) is 12.8. The van der Waals surface area contributed by atoms with E-state index in [2.05, 4.69) is 19.2 Å². The van der Waals surface area contributed by atoms with Gasteiger partial charge in [-0.25, -0.2) is 0 Å². The van der Waals surface area contributed by atoms with Crippen molar-refractivity contribution in [1.82, 2.24) is 0 Å².